The van der Waals surface area contributed by atoms with E-state index >= 15 is 4.39 Å². The summed E-state index contributed by atoms with van der Waals surface area (Å²) in [4.78, 5) is 11.7. The highest BCUT2D eigenvalue weighted by Crippen LogP contribution is 2.48. The molecule has 1 aliphatic heterocycles. The number of methoxy groups -OCH3 is 1. The maximum absolute atomic E-state index is 15.4. The van der Waals surface area contributed by atoms with Crippen molar-refractivity contribution in [1.29, 1.82) is 0 Å². The van der Waals surface area contributed by atoms with E-state index in [-0.39, 0.29) is 65.8 Å². The SMILES string of the molecule is COC(=O)C[C@@H]1COc2cc(O[C@@H]3CCc4c(-c5ccc(OCC(O)C(C)(C)O)cc5)c(C(F)(F)F)cc(F)c43)ccc21. The molecule has 5 rings (SSSR count). The molecule has 0 fully saturated rings. The van der Waals surface area contributed by atoms with Gasteiger partial charge in [-0.3, -0.25) is 4.79 Å². The first kappa shape index (κ1) is 30.6. The summed E-state index contributed by atoms with van der Waals surface area (Å²) in [7, 11) is 1.31. The van der Waals surface area contributed by atoms with Crippen molar-refractivity contribution in [2.24, 2.45) is 0 Å². The Kier molecular flexibility index (Phi) is 8.32. The van der Waals surface area contributed by atoms with Crippen LogP contribution in [0.2, 0.25) is 0 Å². The van der Waals surface area contributed by atoms with Gasteiger partial charge in [0.05, 0.1) is 31.3 Å². The second kappa shape index (κ2) is 11.7. The molecule has 3 aromatic carbocycles. The van der Waals surface area contributed by atoms with Crippen molar-refractivity contribution in [3.8, 4) is 28.4 Å². The summed E-state index contributed by atoms with van der Waals surface area (Å²) in [5.41, 5.74) is -1.27. The minimum Gasteiger partial charge on any atom is -0.492 e. The highest BCUT2D eigenvalue weighted by molar-refractivity contribution is 5.75. The molecule has 1 heterocycles. The molecule has 0 aromatic heterocycles. The Morgan fingerprint density at radius 1 is 1.09 bits per heavy atom. The molecule has 11 heteroatoms. The monoisotopic (exact) mass is 604 g/mol. The molecule has 2 aliphatic rings. The van der Waals surface area contributed by atoms with Crippen molar-refractivity contribution in [2.75, 3.05) is 20.3 Å². The number of rotatable bonds is 9. The number of esters is 1. The fraction of sp³-hybridized carbons (Fsp3) is 0.406. The number of hydrogen-bond donors (Lipinski definition) is 2. The maximum atomic E-state index is 15.4. The number of carbonyl (C=O) groups excluding carboxylic acids is 1. The van der Waals surface area contributed by atoms with E-state index in [2.05, 4.69) is 0 Å². The lowest BCUT2D eigenvalue weighted by Gasteiger charge is -2.24. The topological polar surface area (TPSA) is 94.5 Å². The van der Waals surface area contributed by atoms with E-state index in [1.54, 1.807) is 18.2 Å². The fourth-order valence-electron chi connectivity index (χ4n) is 5.46. The quantitative estimate of drug-likeness (QED) is 0.224. The van der Waals surface area contributed by atoms with E-state index in [0.717, 1.165) is 5.56 Å². The molecule has 3 atom stereocenters. The number of halogens is 4. The van der Waals surface area contributed by atoms with Gasteiger partial charge in [0, 0.05) is 23.1 Å². The first-order chi connectivity index (χ1) is 20.3. The molecule has 0 bridgehead atoms. The Hall–Kier alpha value is -3.83. The molecule has 1 unspecified atom stereocenters. The summed E-state index contributed by atoms with van der Waals surface area (Å²) in [5.74, 6) is -0.354. The lowest BCUT2D eigenvalue weighted by Crippen LogP contribution is -2.40. The number of aliphatic hydroxyl groups is 2. The van der Waals surface area contributed by atoms with Gasteiger partial charge in [0.2, 0.25) is 0 Å². The zero-order valence-electron chi connectivity index (χ0n) is 23.8. The third kappa shape index (κ3) is 6.42. The summed E-state index contributed by atoms with van der Waals surface area (Å²) >= 11 is 0. The standard InChI is InChI=1S/C32H32F4O7/c1-31(2,39)27(37)16-41-19-6-4-17(5-7-19)29-22-10-11-25(30(22)24(33)14-23(29)32(34,35)36)43-20-8-9-21-18(12-28(38)40-3)15-42-26(21)13-20/h4-9,13-14,18,25,27,37,39H,10-12,15-16H2,1-3H3/t18-,25-,27?/m1/s1. The van der Waals surface area contributed by atoms with Crippen LogP contribution in [0, 0.1) is 5.82 Å². The van der Waals surface area contributed by atoms with Crippen LogP contribution >= 0.6 is 0 Å². The van der Waals surface area contributed by atoms with E-state index in [1.807, 2.05) is 0 Å². The lowest BCUT2D eigenvalue weighted by molar-refractivity contribution is -0.141. The Labute approximate surface area is 246 Å². The van der Waals surface area contributed by atoms with Crippen LogP contribution in [0.4, 0.5) is 17.6 Å². The highest BCUT2D eigenvalue weighted by Gasteiger charge is 2.40. The van der Waals surface area contributed by atoms with Crippen LogP contribution in [-0.4, -0.2) is 48.2 Å². The normalized spacial score (nSPS) is 18.4. The molecule has 0 saturated carbocycles. The molecule has 1 aliphatic carbocycles. The number of benzene rings is 3. The molecule has 3 aromatic rings. The van der Waals surface area contributed by atoms with Crippen molar-refractivity contribution in [3.05, 3.63) is 76.6 Å². The smallest absolute Gasteiger partial charge is 0.417 e. The van der Waals surface area contributed by atoms with E-state index in [4.69, 9.17) is 18.9 Å². The fourth-order valence-corrected chi connectivity index (χ4v) is 5.46. The number of fused-ring (bicyclic) bond motifs is 2. The van der Waals surface area contributed by atoms with Gasteiger partial charge >= 0.3 is 12.1 Å². The van der Waals surface area contributed by atoms with Crippen LogP contribution in [0.5, 0.6) is 17.2 Å². The second-order valence-corrected chi connectivity index (χ2v) is 11.3. The van der Waals surface area contributed by atoms with Crippen molar-refractivity contribution < 1.29 is 51.5 Å². The van der Waals surface area contributed by atoms with Crippen molar-refractivity contribution in [1.82, 2.24) is 0 Å². The Morgan fingerprint density at radius 3 is 2.44 bits per heavy atom. The van der Waals surface area contributed by atoms with Gasteiger partial charge in [-0.1, -0.05) is 18.2 Å². The van der Waals surface area contributed by atoms with Gasteiger partial charge in [-0.15, -0.1) is 0 Å². The molecule has 0 amide bonds. The van der Waals surface area contributed by atoms with E-state index in [1.165, 1.54) is 45.2 Å². The average Bonchev–Trinajstić information content (AvgIpc) is 3.55. The molecule has 0 spiro atoms. The zero-order chi connectivity index (χ0) is 31.1. The summed E-state index contributed by atoms with van der Waals surface area (Å²) in [6.07, 6.45) is -6.24. The van der Waals surface area contributed by atoms with E-state index in [9.17, 15) is 28.2 Å². The predicted octanol–water partition coefficient (Wildman–Crippen LogP) is 6.13. The third-order valence-corrected chi connectivity index (χ3v) is 7.86. The van der Waals surface area contributed by atoms with Crippen molar-refractivity contribution >= 4 is 5.97 Å². The summed E-state index contributed by atoms with van der Waals surface area (Å²) in [6, 6.07) is 11.4. The first-order valence-corrected chi connectivity index (χ1v) is 13.8. The van der Waals surface area contributed by atoms with Crippen LogP contribution in [-0.2, 0) is 22.1 Å². The molecule has 230 valence electrons. The van der Waals surface area contributed by atoms with Gasteiger partial charge in [0.25, 0.3) is 0 Å². The molecular formula is C32H32F4O7. The maximum Gasteiger partial charge on any atom is 0.417 e. The van der Waals surface area contributed by atoms with Crippen LogP contribution in [0.3, 0.4) is 0 Å². The average molecular weight is 605 g/mol. The van der Waals surface area contributed by atoms with Crippen molar-refractivity contribution in [3.63, 3.8) is 0 Å². The number of carbonyl (C=O) groups is 1. The van der Waals surface area contributed by atoms with Crippen molar-refractivity contribution in [2.45, 2.75) is 63.0 Å². The Balaban J connectivity index is 1.42. The molecular weight excluding hydrogens is 572 g/mol. The van der Waals surface area contributed by atoms with Crippen LogP contribution in [0.25, 0.3) is 11.1 Å². The molecule has 0 saturated heterocycles. The summed E-state index contributed by atoms with van der Waals surface area (Å²) in [5, 5.41) is 19.9. The Bertz CT molecular complexity index is 1500. The largest absolute Gasteiger partial charge is 0.492 e. The van der Waals surface area contributed by atoms with E-state index < -0.39 is 35.4 Å². The summed E-state index contributed by atoms with van der Waals surface area (Å²) < 4.78 is 80.0. The van der Waals surface area contributed by atoms with Gasteiger partial charge in [0.15, 0.2) is 0 Å². The van der Waals surface area contributed by atoms with Gasteiger partial charge in [-0.2, -0.15) is 13.2 Å². The van der Waals surface area contributed by atoms with Crippen LogP contribution < -0.4 is 14.2 Å². The van der Waals surface area contributed by atoms with E-state index in [0.29, 0.717) is 24.2 Å². The molecule has 2 N–H and O–H groups in total. The number of ether oxygens (including phenoxy) is 4. The minimum atomic E-state index is -4.81. The lowest BCUT2D eigenvalue weighted by atomic mass is 9.91. The van der Waals surface area contributed by atoms with Crippen LogP contribution in [0.1, 0.15) is 61.0 Å². The van der Waals surface area contributed by atoms with Gasteiger partial charge < -0.3 is 29.2 Å². The Morgan fingerprint density at radius 2 is 1.79 bits per heavy atom. The molecule has 7 nitrogen and oxygen atoms in total. The first-order valence-electron chi connectivity index (χ1n) is 13.8. The van der Waals surface area contributed by atoms with Crippen LogP contribution in [0.15, 0.2) is 48.5 Å². The molecule has 0 radical (unpaired) electrons. The second-order valence-electron chi connectivity index (χ2n) is 11.3. The third-order valence-electron chi connectivity index (χ3n) is 7.86. The summed E-state index contributed by atoms with van der Waals surface area (Å²) in [6.45, 7) is 2.93. The number of aliphatic hydroxyl groups excluding tert-OH is 1. The van der Waals surface area contributed by atoms with Gasteiger partial charge in [-0.05, 0) is 67.6 Å². The van der Waals surface area contributed by atoms with Gasteiger partial charge in [0.1, 0.15) is 41.9 Å². The predicted molar refractivity (Wildman–Crippen MR) is 148 cm³/mol. The number of hydrogen-bond acceptors (Lipinski definition) is 7. The highest BCUT2D eigenvalue weighted by atomic mass is 19.4. The molecule has 43 heavy (non-hydrogen) atoms. The zero-order valence-corrected chi connectivity index (χ0v) is 23.8. The number of alkyl halides is 3. The minimum absolute atomic E-state index is 0.0709. The van der Waals surface area contributed by atoms with Gasteiger partial charge in [-0.25, -0.2) is 4.39 Å².